The van der Waals surface area contributed by atoms with Gasteiger partial charge in [0.25, 0.3) is 0 Å². The molecule has 2 aromatic rings. The minimum absolute atomic E-state index is 0.413. The van der Waals surface area contributed by atoms with E-state index in [1.807, 2.05) is 12.1 Å². The highest BCUT2D eigenvalue weighted by atomic mass is 16.5. The first-order valence-electron chi connectivity index (χ1n) is 7.78. The second-order valence-electron chi connectivity index (χ2n) is 5.56. The van der Waals surface area contributed by atoms with E-state index in [1.165, 1.54) is 11.3 Å². The number of nitrogens with two attached hydrogens (primary N) is 1. The van der Waals surface area contributed by atoms with Gasteiger partial charge in [0, 0.05) is 36.6 Å². The quantitative estimate of drug-likeness (QED) is 0.888. The van der Waals surface area contributed by atoms with Crippen molar-refractivity contribution in [3.8, 4) is 0 Å². The van der Waals surface area contributed by atoms with Crippen molar-refractivity contribution in [2.45, 2.75) is 6.54 Å². The Morgan fingerprint density at radius 2 is 1.87 bits per heavy atom. The summed E-state index contributed by atoms with van der Waals surface area (Å²) in [5.74, 6) is -0.413. The van der Waals surface area contributed by atoms with E-state index < -0.39 is 5.91 Å². The van der Waals surface area contributed by atoms with Crippen molar-refractivity contribution in [1.29, 1.82) is 0 Å². The van der Waals surface area contributed by atoms with Crippen molar-refractivity contribution in [2.24, 2.45) is 5.73 Å². The van der Waals surface area contributed by atoms with Crippen molar-refractivity contribution >= 4 is 17.3 Å². The Balaban J connectivity index is 1.60. The maximum absolute atomic E-state index is 11.2. The summed E-state index contributed by atoms with van der Waals surface area (Å²) in [6.07, 6.45) is 0. The Hall–Kier alpha value is -2.53. The molecule has 120 valence electrons. The largest absolute Gasteiger partial charge is 0.381 e. The molecule has 1 aliphatic heterocycles. The zero-order chi connectivity index (χ0) is 16.1. The number of hydrogen-bond acceptors (Lipinski definition) is 4. The number of carbonyl (C=O) groups is 1. The number of anilines is 2. The number of rotatable bonds is 5. The van der Waals surface area contributed by atoms with Crippen LogP contribution in [0.2, 0.25) is 0 Å². The van der Waals surface area contributed by atoms with Crippen LogP contribution in [-0.2, 0) is 11.3 Å². The summed E-state index contributed by atoms with van der Waals surface area (Å²) in [5.41, 5.74) is 9.11. The summed E-state index contributed by atoms with van der Waals surface area (Å²) in [7, 11) is 0. The molecule has 0 saturated carbocycles. The molecular formula is C18H21N3O2. The van der Waals surface area contributed by atoms with Crippen LogP contribution in [0.5, 0.6) is 0 Å². The van der Waals surface area contributed by atoms with Crippen LogP contribution in [0, 0.1) is 0 Å². The highest BCUT2D eigenvalue weighted by Crippen LogP contribution is 2.18. The molecule has 1 fully saturated rings. The standard InChI is InChI=1S/C18H21N3O2/c19-18(22)15-2-1-3-16(12-15)20-13-14-4-6-17(7-5-14)21-8-10-23-11-9-21/h1-7,12,20H,8-11,13H2,(H2,19,22). The monoisotopic (exact) mass is 311 g/mol. The zero-order valence-electron chi connectivity index (χ0n) is 13.0. The van der Waals surface area contributed by atoms with E-state index in [0.29, 0.717) is 12.1 Å². The van der Waals surface area contributed by atoms with Gasteiger partial charge in [-0.3, -0.25) is 4.79 Å². The Bertz CT molecular complexity index is 664. The van der Waals surface area contributed by atoms with Gasteiger partial charge in [-0.05, 0) is 35.9 Å². The fraction of sp³-hybridized carbons (Fsp3) is 0.278. The number of morpholine rings is 1. The van der Waals surface area contributed by atoms with Crippen molar-refractivity contribution in [3.05, 3.63) is 59.7 Å². The summed E-state index contributed by atoms with van der Waals surface area (Å²) in [6.45, 7) is 4.17. The molecule has 5 heteroatoms. The van der Waals surface area contributed by atoms with Gasteiger partial charge >= 0.3 is 0 Å². The molecule has 1 amide bonds. The predicted molar refractivity (Wildman–Crippen MR) is 91.8 cm³/mol. The van der Waals surface area contributed by atoms with Crippen LogP contribution in [-0.4, -0.2) is 32.2 Å². The number of amides is 1. The van der Waals surface area contributed by atoms with Gasteiger partial charge in [-0.25, -0.2) is 0 Å². The van der Waals surface area contributed by atoms with Gasteiger partial charge in [-0.15, -0.1) is 0 Å². The van der Waals surface area contributed by atoms with E-state index in [0.717, 1.165) is 32.0 Å². The minimum Gasteiger partial charge on any atom is -0.381 e. The van der Waals surface area contributed by atoms with Crippen LogP contribution in [0.4, 0.5) is 11.4 Å². The fourth-order valence-corrected chi connectivity index (χ4v) is 2.63. The third-order valence-electron chi connectivity index (χ3n) is 3.96. The zero-order valence-corrected chi connectivity index (χ0v) is 13.0. The minimum atomic E-state index is -0.413. The highest BCUT2D eigenvalue weighted by Gasteiger charge is 2.10. The lowest BCUT2D eigenvalue weighted by molar-refractivity contribution is 0.100. The van der Waals surface area contributed by atoms with Gasteiger partial charge in [-0.1, -0.05) is 18.2 Å². The Morgan fingerprint density at radius 1 is 1.13 bits per heavy atom. The Morgan fingerprint density at radius 3 is 2.57 bits per heavy atom. The second-order valence-corrected chi connectivity index (χ2v) is 5.56. The smallest absolute Gasteiger partial charge is 0.248 e. The molecule has 1 saturated heterocycles. The van der Waals surface area contributed by atoms with Gasteiger partial charge in [0.15, 0.2) is 0 Å². The molecule has 0 atom stereocenters. The van der Waals surface area contributed by atoms with E-state index in [-0.39, 0.29) is 0 Å². The fourth-order valence-electron chi connectivity index (χ4n) is 2.63. The summed E-state index contributed by atoms with van der Waals surface area (Å²) in [5, 5.41) is 3.31. The molecule has 0 radical (unpaired) electrons. The number of carbonyl (C=O) groups excluding carboxylic acids is 1. The molecule has 23 heavy (non-hydrogen) atoms. The van der Waals surface area contributed by atoms with Crippen LogP contribution in [0.15, 0.2) is 48.5 Å². The number of benzene rings is 2. The first-order valence-corrected chi connectivity index (χ1v) is 7.78. The molecule has 1 aliphatic rings. The van der Waals surface area contributed by atoms with E-state index in [1.54, 1.807) is 12.1 Å². The number of ether oxygens (including phenoxy) is 1. The number of nitrogens with zero attached hydrogens (tertiary/aromatic N) is 1. The topological polar surface area (TPSA) is 67.6 Å². The average molecular weight is 311 g/mol. The van der Waals surface area contributed by atoms with E-state index >= 15 is 0 Å². The molecule has 0 bridgehead atoms. The third kappa shape index (κ3) is 4.02. The van der Waals surface area contributed by atoms with Gasteiger partial charge in [0.05, 0.1) is 13.2 Å². The van der Waals surface area contributed by atoms with Crippen molar-refractivity contribution in [3.63, 3.8) is 0 Å². The van der Waals surface area contributed by atoms with Crippen LogP contribution in [0.3, 0.4) is 0 Å². The molecule has 3 N–H and O–H groups in total. The second kappa shape index (κ2) is 7.15. The molecule has 0 aromatic heterocycles. The van der Waals surface area contributed by atoms with Gasteiger partial charge in [0.2, 0.25) is 5.91 Å². The summed E-state index contributed by atoms with van der Waals surface area (Å²) >= 11 is 0. The maximum atomic E-state index is 11.2. The van der Waals surface area contributed by atoms with Gasteiger partial charge in [0.1, 0.15) is 0 Å². The Kier molecular flexibility index (Phi) is 4.78. The lowest BCUT2D eigenvalue weighted by Gasteiger charge is -2.28. The molecule has 2 aromatic carbocycles. The van der Waals surface area contributed by atoms with E-state index in [4.69, 9.17) is 10.5 Å². The summed E-state index contributed by atoms with van der Waals surface area (Å²) in [4.78, 5) is 13.5. The Labute approximate surface area is 136 Å². The van der Waals surface area contributed by atoms with Crippen LogP contribution < -0.4 is 16.0 Å². The molecule has 0 aliphatic carbocycles. The molecule has 0 spiro atoms. The van der Waals surface area contributed by atoms with Crippen molar-refractivity contribution < 1.29 is 9.53 Å². The molecule has 3 rings (SSSR count). The highest BCUT2D eigenvalue weighted by molar-refractivity contribution is 5.93. The van der Waals surface area contributed by atoms with Crippen molar-refractivity contribution in [1.82, 2.24) is 0 Å². The molecule has 0 unspecified atom stereocenters. The predicted octanol–water partition coefficient (Wildman–Crippen LogP) is 2.23. The van der Waals surface area contributed by atoms with E-state index in [9.17, 15) is 4.79 Å². The number of primary amides is 1. The average Bonchev–Trinajstić information content (AvgIpc) is 2.61. The number of nitrogens with one attached hydrogen (secondary N) is 1. The maximum Gasteiger partial charge on any atom is 0.248 e. The first kappa shape index (κ1) is 15.4. The van der Waals surface area contributed by atoms with Gasteiger partial charge < -0.3 is 20.7 Å². The van der Waals surface area contributed by atoms with Crippen LogP contribution >= 0.6 is 0 Å². The molecule has 5 nitrogen and oxygen atoms in total. The molecule has 1 heterocycles. The first-order chi connectivity index (χ1) is 11.2. The SMILES string of the molecule is NC(=O)c1cccc(NCc2ccc(N3CCOCC3)cc2)c1. The normalized spacial score (nSPS) is 14.5. The van der Waals surface area contributed by atoms with Crippen LogP contribution in [0.25, 0.3) is 0 Å². The third-order valence-corrected chi connectivity index (χ3v) is 3.96. The lowest BCUT2D eigenvalue weighted by atomic mass is 10.1. The van der Waals surface area contributed by atoms with Gasteiger partial charge in [-0.2, -0.15) is 0 Å². The van der Waals surface area contributed by atoms with Crippen molar-refractivity contribution in [2.75, 3.05) is 36.5 Å². The summed E-state index contributed by atoms with van der Waals surface area (Å²) < 4.78 is 5.37. The van der Waals surface area contributed by atoms with E-state index in [2.05, 4.69) is 34.5 Å². The molecular weight excluding hydrogens is 290 g/mol. The number of hydrogen-bond donors (Lipinski definition) is 2. The summed E-state index contributed by atoms with van der Waals surface area (Å²) in [6, 6.07) is 15.8. The van der Waals surface area contributed by atoms with Crippen LogP contribution in [0.1, 0.15) is 15.9 Å². The lowest BCUT2D eigenvalue weighted by Crippen LogP contribution is -2.36.